The monoisotopic (exact) mass is 187 g/mol. The van der Waals surface area contributed by atoms with Gasteiger partial charge in [-0.3, -0.25) is 5.41 Å². The molecule has 0 aliphatic rings. The molecule has 0 bridgehead atoms. The van der Waals surface area contributed by atoms with Crippen LogP contribution < -0.4 is 0 Å². The van der Waals surface area contributed by atoms with Gasteiger partial charge in [-0.1, -0.05) is 6.58 Å². The third-order valence-corrected chi connectivity index (χ3v) is 1.02. The minimum absolute atomic E-state index is 0.519. The Hall–Kier alpha value is -1.52. The molecule has 0 rings (SSSR count). The molecule has 0 aliphatic heterocycles. The van der Waals surface area contributed by atoms with E-state index in [2.05, 4.69) is 6.58 Å². The van der Waals surface area contributed by atoms with Gasteiger partial charge >= 0.3 is 5.97 Å². The average molecular weight is 187 g/mol. The Morgan fingerprint density at radius 3 is 1.54 bits per heavy atom. The first kappa shape index (κ1) is 14.0. The number of nitrogens with one attached hydrogen (secondary N) is 1. The van der Waals surface area contributed by atoms with Crippen LogP contribution in [0.5, 0.6) is 0 Å². The van der Waals surface area contributed by atoms with Gasteiger partial charge < -0.3 is 14.9 Å². The van der Waals surface area contributed by atoms with Gasteiger partial charge in [-0.25, -0.2) is 4.79 Å². The van der Waals surface area contributed by atoms with Crippen LogP contribution in [0.1, 0.15) is 0 Å². The molecule has 0 heterocycles. The van der Waals surface area contributed by atoms with Gasteiger partial charge in [0, 0.05) is 34.3 Å². The summed E-state index contributed by atoms with van der Waals surface area (Å²) in [5.41, 5.74) is 0. The van der Waals surface area contributed by atoms with E-state index in [1.165, 1.54) is 0 Å². The molecule has 0 aromatic carbocycles. The summed E-state index contributed by atoms with van der Waals surface area (Å²) in [5, 5.41) is 14.9. The third kappa shape index (κ3) is 10.5. The van der Waals surface area contributed by atoms with E-state index in [1.54, 1.807) is 9.80 Å². The molecule has 0 aromatic rings. The molecule has 5 heteroatoms. The van der Waals surface area contributed by atoms with Crippen LogP contribution in [0.25, 0.3) is 0 Å². The first-order chi connectivity index (χ1) is 5.82. The number of hydrogen-bond donors (Lipinski definition) is 2. The largest absolute Gasteiger partial charge is 0.478 e. The highest BCUT2D eigenvalue weighted by molar-refractivity contribution is 5.78. The molecule has 0 radical (unpaired) electrons. The molecule has 0 fully saturated rings. The first-order valence-corrected chi connectivity index (χ1v) is 3.61. The van der Waals surface area contributed by atoms with Crippen molar-refractivity contribution in [1.29, 1.82) is 5.41 Å². The molecule has 0 atom stereocenters. The molecule has 0 spiro atoms. The Morgan fingerprint density at radius 2 is 1.54 bits per heavy atom. The standard InChI is InChI=1S/C5H13N3.C3H4O2/c1-7(2)5(6)8(3)4;1-2-3(4)5/h6H,1-4H3;2H,1H2,(H,4,5). The first-order valence-electron chi connectivity index (χ1n) is 3.61. The van der Waals surface area contributed by atoms with E-state index in [-0.39, 0.29) is 0 Å². The molecular weight excluding hydrogens is 170 g/mol. The third-order valence-electron chi connectivity index (χ3n) is 1.02. The number of carboxylic acid groups (broad SMARTS) is 1. The number of rotatable bonds is 1. The van der Waals surface area contributed by atoms with Crippen LogP contribution in [0.4, 0.5) is 0 Å². The highest BCUT2D eigenvalue weighted by Gasteiger charge is 1.97. The maximum absolute atomic E-state index is 9.25. The fourth-order valence-corrected chi connectivity index (χ4v) is 0.400. The molecule has 0 unspecified atom stereocenters. The summed E-state index contributed by atoms with van der Waals surface area (Å²) in [4.78, 5) is 12.8. The van der Waals surface area contributed by atoms with Crippen molar-refractivity contribution in [1.82, 2.24) is 9.80 Å². The zero-order chi connectivity index (χ0) is 11.0. The molecule has 0 saturated carbocycles. The maximum Gasteiger partial charge on any atom is 0.327 e. The van der Waals surface area contributed by atoms with Crippen molar-refractivity contribution in [3.63, 3.8) is 0 Å². The number of guanidine groups is 1. The second kappa shape index (κ2) is 7.15. The quantitative estimate of drug-likeness (QED) is 0.352. The van der Waals surface area contributed by atoms with Crippen LogP contribution >= 0.6 is 0 Å². The average Bonchev–Trinajstić information content (AvgIpc) is 2.03. The summed E-state index contributed by atoms with van der Waals surface area (Å²) in [6.07, 6.45) is 0.833. The molecule has 0 aromatic heterocycles. The minimum atomic E-state index is -0.981. The van der Waals surface area contributed by atoms with E-state index in [0.29, 0.717) is 5.96 Å². The van der Waals surface area contributed by atoms with Gasteiger partial charge in [-0.2, -0.15) is 0 Å². The van der Waals surface area contributed by atoms with Crippen LogP contribution in [-0.2, 0) is 4.79 Å². The van der Waals surface area contributed by atoms with Gasteiger partial charge in [0.1, 0.15) is 0 Å². The SMILES string of the molecule is C=CC(=O)O.CN(C)C(=N)N(C)C. The van der Waals surface area contributed by atoms with Crippen LogP contribution in [-0.4, -0.2) is 55.0 Å². The van der Waals surface area contributed by atoms with Gasteiger partial charge in [0.15, 0.2) is 5.96 Å². The second-order valence-electron chi connectivity index (χ2n) is 2.65. The predicted molar refractivity (Wildman–Crippen MR) is 52.9 cm³/mol. The summed E-state index contributed by atoms with van der Waals surface area (Å²) >= 11 is 0. The van der Waals surface area contributed by atoms with E-state index in [4.69, 9.17) is 10.5 Å². The Morgan fingerprint density at radius 1 is 1.31 bits per heavy atom. The van der Waals surface area contributed by atoms with Crippen molar-refractivity contribution in [3.05, 3.63) is 12.7 Å². The normalized spacial score (nSPS) is 7.69. The maximum atomic E-state index is 9.25. The number of hydrogen-bond acceptors (Lipinski definition) is 2. The summed E-state index contributed by atoms with van der Waals surface area (Å²) in [6.45, 7) is 2.96. The van der Waals surface area contributed by atoms with Crippen molar-refractivity contribution in [2.45, 2.75) is 0 Å². The van der Waals surface area contributed by atoms with Gasteiger partial charge in [0.05, 0.1) is 0 Å². The summed E-state index contributed by atoms with van der Waals surface area (Å²) in [7, 11) is 7.40. The lowest BCUT2D eigenvalue weighted by atomic mass is 10.7. The number of aliphatic carboxylic acids is 1. The van der Waals surface area contributed by atoms with E-state index >= 15 is 0 Å². The minimum Gasteiger partial charge on any atom is -0.478 e. The molecule has 2 N–H and O–H groups in total. The molecular formula is C8H17N3O2. The zero-order valence-corrected chi connectivity index (χ0v) is 8.53. The predicted octanol–water partition coefficient (Wildman–Crippen LogP) is 0.301. The molecule has 0 aliphatic carbocycles. The Bertz CT molecular complexity index is 178. The van der Waals surface area contributed by atoms with Crippen molar-refractivity contribution >= 4 is 11.9 Å². The van der Waals surface area contributed by atoms with E-state index in [0.717, 1.165) is 6.08 Å². The van der Waals surface area contributed by atoms with Gasteiger partial charge in [0.2, 0.25) is 0 Å². The lowest BCUT2D eigenvalue weighted by Crippen LogP contribution is -2.34. The van der Waals surface area contributed by atoms with Crippen LogP contribution in [0.15, 0.2) is 12.7 Å². The molecule has 0 saturated heterocycles. The Labute approximate surface area is 78.8 Å². The highest BCUT2D eigenvalue weighted by Crippen LogP contribution is 1.80. The molecule has 5 nitrogen and oxygen atoms in total. The van der Waals surface area contributed by atoms with E-state index in [9.17, 15) is 4.79 Å². The topological polar surface area (TPSA) is 67.6 Å². The zero-order valence-electron chi connectivity index (χ0n) is 8.53. The number of carboxylic acids is 1. The molecule has 76 valence electrons. The molecule has 13 heavy (non-hydrogen) atoms. The van der Waals surface area contributed by atoms with Gasteiger partial charge in [-0.15, -0.1) is 0 Å². The smallest absolute Gasteiger partial charge is 0.327 e. The Kier molecular flexibility index (Phi) is 7.71. The highest BCUT2D eigenvalue weighted by atomic mass is 16.4. The van der Waals surface area contributed by atoms with Gasteiger partial charge in [0.25, 0.3) is 0 Å². The fraction of sp³-hybridized carbons (Fsp3) is 0.500. The lowest BCUT2D eigenvalue weighted by molar-refractivity contribution is -0.131. The second-order valence-corrected chi connectivity index (χ2v) is 2.65. The van der Waals surface area contributed by atoms with Gasteiger partial charge in [-0.05, 0) is 0 Å². The lowest BCUT2D eigenvalue weighted by Gasteiger charge is -2.19. The van der Waals surface area contributed by atoms with Crippen LogP contribution in [0.3, 0.4) is 0 Å². The number of carbonyl (C=O) groups is 1. The summed E-state index contributed by atoms with van der Waals surface area (Å²) in [5.74, 6) is -0.463. The summed E-state index contributed by atoms with van der Waals surface area (Å²) in [6, 6.07) is 0. The Balaban J connectivity index is 0. The summed E-state index contributed by atoms with van der Waals surface area (Å²) < 4.78 is 0. The van der Waals surface area contributed by atoms with Crippen LogP contribution in [0, 0.1) is 5.41 Å². The van der Waals surface area contributed by atoms with Crippen molar-refractivity contribution in [2.75, 3.05) is 28.2 Å². The molecule has 0 amide bonds. The van der Waals surface area contributed by atoms with Crippen LogP contribution in [0.2, 0.25) is 0 Å². The van der Waals surface area contributed by atoms with E-state index < -0.39 is 5.97 Å². The number of nitrogens with zero attached hydrogens (tertiary/aromatic N) is 2. The van der Waals surface area contributed by atoms with Crippen molar-refractivity contribution in [2.24, 2.45) is 0 Å². The van der Waals surface area contributed by atoms with Crippen molar-refractivity contribution in [3.8, 4) is 0 Å². The fourth-order valence-electron chi connectivity index (χ4n) is 0.400. The van der Waals surface area contributed by atoms with Crippen molar-refractivity contribution < 1.29 is 9.90 Å². The van der Waals surface area contributed by atoms with E-state index in [1.807, 2.05) is 28.2 Å².